The lowest BCUT2D eigenvalue weighted by molar-refractivity contribution is -0.384. The van der Waals surface area contributed by atoms with Crippen LogP contribution in [0.4, 0.5) is 16.2 Å². The third-order valence-corrected chi connectivity index (χ3v) is 8.00. The number of non-ortho nitro benzene ring substituents is 1. The van der Waals surface area contributed by atoms with Crippen molar-refractivity contribution in [2.45, 2.75) is 25.9 Å². The van der Waals surface area contributed by atoms with E-state index >= 15 is 0 Å². The summed E-state index contributed by atoms with van der Waals surface area (Å²) in [7, 11) is 0. The molecule has 38 heavy (non-hydrogen) atoms. The van der Waals surface area contributed by atoms with Gasteiger partial charge >= 0.3 is 6.09 Å². The van der Waals surface area contributed by atoms with Crippen LogP contribution in [-0.4, -0.2) is 90.1 Å². The predicted molar refractivity (Wildman–Crippen MR) is 143 cm³/mol. The number of fused-ring (bicyclic) bond motifs is 3. The van der Waals surface area contributed by atoms with Gasteiger partial charge in [-0.1, -0.05) is 23.7 Å². The highest BCUT2D eigenvalue weighted by molar-refractivity contribution is 6.30. The molecule has 0 N–H and O–H groups in total. The Morgan fingerprint density at radius 3 is 2.42 bits per heavy atom. The van der Waals surface area contributed by atoms with Crippen molar-refractivity contribution in [1.82, 2.24) is 14.7 Å². The highest BCUT2D eigenvalue weighted by Crippen LogP contribution is 2.39. The molecule has 202 valence electrons. The lowest BCUT2D eigenvalue weighted by atomic mass is 9.82. The monoisotopic (exact) mass is 541 g/mol. The van der Waals surface area contributed by atoms with Crippen LogP contribution in [0.2, 0.25) is 5.02 Å². The fourth-order valence-electron chi connectivity index (χ4n) is 5.82. The highest BCUT2D eigenvalue weighted by Gasteiger charge is 2.43. The zero-order valence-electron chi connectivity index (χ0n) is 21.4. The Labute approximate surface area is 226 Å². The van der Waals surface area contributed by atoms with Crippen molar-refractivity contribution in [3.05, 3.63) is 68.7 Å². The normalized spacial score (nSPS) is 21.5. The number of halogens is 1. The number of benzene rings is 2. The molecule has 2 aromatic carbocycles. The van der Waals surface area contributed by atoms with Crippen LogP contribution in [0.15, 0.2) is 42.5 Å². The second-order valence-corrected chi connectivity index (χ2v) is 10.5. The first-order chi connectivity index (χ1) is 18.3. The number of rotatable bonds is 5. The average Bonchev–Trinajstić information content (AvgIpc) is 2.93. The lowest BCUT2D eigenvalue weighted by Crippen LogP contribution is -2.62. The Bertz CT molecular complexity index is 1200. The summed E-state index contributed by atoms with van der Waals surface area (Å²) < 4.78 is 5.11. The Balaban J connectivity index is 1.37. The maximum Gasteiger partial charge on any atom is 0.409 e. The number of nitrogens with zero attached hydrogens (tertiary/aromatic N) is 5. The number of amides is 2. The van der Waals surface area contributed by atoms with Gasteiger partial charge < -0.3 is 19.4 Å². The molecule has 3 aliphatic rings. The largest absolute Gasteiger partial charge is 0.450 e. The number of carbonyl (C=O) groups excluding carboxylic acids is 2. The van der Waals surface area contributed by atoms with Crippen molar-refractivity contribution in [2.75, 3.05) is 57.3 Å². The van der Waals surface area contributed by atoms with Gasteiger partial charge in [-0.3, -0.25) is 19.8 Å². The average molecular weight is 542 g/mol. The molecule has 0 saturated carbocycles. The van der Waals surface area contributed by atoms with Crippen molar-refractivity contribution < 1.29 is 19.2 Å². The molecule has 11 heteroatoms. The van der Waals surface area contributed by atoms with Crippen molar-refractivity contribution in [3.8, 4) is 0 Å². The van der Waals surface area contributed by atoms with Gasteiger partial charge in [0.2, 0.25) is 5.91 Å². The molecule has 2 aromatic rings. The molecular formula is C27H32ClN5O5. The molecule has 0 bridgehead atoms. The van der Waals surface area contributed by atoms with Crippen LogP contribution in [0.3, 0.4) is 0 Å². The van der Waals surface area contributed by atoms with Gasteiger partial charge in [0.05, 0.1) is 23.5 Å². The maximum atomic E-state index is 13.9. The molecule has 0 spiro atoms. The van der Waals surface area contributed by atoms with Gasteiger partial charge in [0.15, 0.2) is 0 Å². The van der Waals surface area contributed by atoms with Crippen LogP contribution >= 0.6 is 11.6 Å². The molecule has 3 heterocycles. The Morgan fingerprint density at radius 1 is 1.03 bits per heavy atom. The second kappa shape index (κ2) is 11.2. The zero-order valence-corrected chi connectivity index (χ0v) is 22.2. The minimum atomic E-state index is -0.387. The van der Waals surface area contributed by atoms with E-state index in [1.54, 1.807) is 24.0 Å². The van der Waals surface area contributed by atoms with Crippen LogP contribution in [0, 0.1) is 16.0 Å². The SMILES string of the molecule is CCOC(=O)N1CCN(C(=O)[C@@H]2Cc3cc([N+](=O)[O-])ccc3N3CCN(Cc4ccc(Cl)cc4)C[C@@H]23)CC1. The molecule has 0 unspecified atom stereocenters. The van der Waals surface area contributed by atoms with Gasteiger partial charge in [0.25, 0.3) is 5.69 Å². The summed E-state index contributed by atoms with van der Waals surface area (Å²) in [6, 6.07) is 12.8. The van der Waals surface area contributed by atoms with Crippen LogP contribution in [0.1, 0.15) is 18.1 Å². The number of piperazine rings is 2. The number of nitro groups is 1. The quantitative estimate of drug-likeness (QED) is 0.422. The van der Waals surface area contributed by atoms with Crippen LogP contribution in [-0.2, 0) is 22.5 Å². The summed E-state index contributed by atoms with van der Waals surface area (Å²) in [6.07, 6.45) is 0.0963. The van der Waals surface area contributed by atoms with E-state index in [-0.39, 0.29) is 34.6 Å². The molecule has 0 radical (unpaired) electrons. The van der Waals surface area contributed by atoms with Crippen molar-refractivity contribution in [2.24, 2.45) is 5.92 Å². The van der Waals surface area contributed by atoms with Crippen LogP contribution < -0.4 is 4.90 Å². The van der Waals surface area contributed by atoms with Gasteiger partial charge in [-0.05, 0) is 42.7 Å². The van der Waals surface area contributed by atoms with E-state index in [2.05, 4.69) is 9.80 Å². The number of hydrogen-bond acceptors (Lipinski definition) is 7. The minimum Gasteiger partial charge on any atom is -0.450 e. The number of ether oxygens (including phenoxy) is 1. The number of hydrogen-bond donors (Lipinski definition) is 0. The number of carbonyl (C=O) groups is 2. The molecule has 2 atom stereocenters. The zero-order chi connectivity index (χ0) is 26.8. The molecular weight excluding hydrogens is 510 g/mol. The fourth-order valence-corrected chi connectivity index (χ4v) is 5.94. The van der Waals surface area contributed by atoms with E-state index < -0.39 is 0 Å². The molecule has 3 aliphatic heterocycles. The van der Waals surface area contributed by atoms with Crippen molar-refractivity contribution >= 4 is 35.0 Å². The van der Waals surface area contributed by atoms with Crippen molar-refractivity contribution in [3.63, 3.8) is 0 Å². The summed E-state index contributed by atoms with van der Waals surface area (Å²) in [5, 5.41) is 12.2. The Morgan fingerprint density at radius 2 is 1.74 bits per heavy atom. The summed E-state index contributed by atoms with van der Waals surface area (Å²) >= 11 is 6.06. The highest BCUT2D eigenvalue weighted by atomic mass is 35.5. The van der Waals surface area contributed by atoms with Gasteiger partial charge in [0.1, 0.15) is 0 Å². The van der Waals surface area contributed by atoms with E-state index in [0.29, 0.717) is 50.8 Å². The van der Waals surface area contributed by atoms with E-state index in [1.807, 2.05) is 35.2 Å². The topological polar surface area (TPSA) is 99.5 Å². The number of anilines is 1. The van der Waals surface area contributed by atoms with Crippen molar-refractivity contribution in [1.29, 1.82) is 0 Å². The summed E-state index contributed by atoms with van der Waals surface area (Å²) in [5.41, 5.74) is 3.01. The van der Waals surface area contributed by atoms with Gasteiger partial charge in [-0.2, -0.15) is 0 Å². The first-order valence-electron chi connectivity index (χ1n) is 13.0. The standard InChI is InChI=1S/C27H32ClN5O5/c1-2-38-27(35)31-12-10-30(11-13-31)26(34)23-16-20-15-22(33(36)37)7-8-24(20)32-14-9-29(18-25(23)32)17-19-3-5-21(28)6-4-19/h3-8,15,23,25H,2,9-14,16-18H2,1H3/t23-,25+/m1/s1. The predicted octanol–water partition coefficient (Wildman–Crippen LogP) is 3.41. The van der Waals surface area contributed by atoms with Crippen LogP contribution in [0.5, 0.6) is 0 Å². The van der Waals surface area contributed by atoms with E-state index in [0.717, 1.165) is 36.4 Å². The Kier molecular flexibility index (Phi) is 7.71. The third-order valence-electron chi connectivity index (χ3n) is 7.74. The molecule has 2 fully saturated rings. The third kappa shape index (κ3) is 5.42. The molecule has 2 amide bonds. The smallest absolute Gasteiger partial charge is 0.409 e. The fraction of sp³-hybridized carbons (Fsp3) is 0.481. The second-order valence-electron chi connectivity index (χ2n) is 10.0. The van der Waals surface area contributed by atoms with E-state index in [9.17, 15) is 19.7 Å². The Hall–Kier alpha value is -3.37. The maximum absolute atomic E-state index is 13.9. The van der Waals surface area contributed by atoms with E-state index in [1.165, 1.54) is 0 Å². The number of nitro benzene ring substituents is 1. The summed E-state index contributed by atoms with van der Waals surface area (Å²) in [6.45, 7) is 6.83. The summed E-state index contributed by atoms with van der Waals surface area (Å²) in [5.74, 6) is -0.305. The van der Waals surface area contributed by atoms with Gasteiger partial charge in [0, 0.05) is 75.2 Å². The lowest BCUT2D eigenvalue weighted by Gasteiger charge is -2.50. The minimum absolute atomic E-state index is 0.0361. The molecule has 0 aliphatic carbocycles. The first kappa shape index (κ1) is 26.2. The van der Waals surface area contributed by atoms with Gasteiger partial charge in [-0.15, -0.1) is 0 Å². The molecule has 0 aromatic heterocycles. The first-order valence-corrected chi connectivity index (χ1v) is 13.4. The van der Waals surface area contributed by atoms with Gasteiger partial charge in [-0.25, -0.2) is 4.79 Å². The van der Waals surface area contributed by atoms with E-state index in [4.69, 9.17) is 16.3 Å². The molecule has 10 nitrogen and oxygen atoms in total. The summed E-state index contributed by atoms with van der Waals surface area (Å²) in [4.78, 5) is 45.2. The molecule has 2 saturated heterocycles. The molecule has 5 rings (SSSR count). The van der Waals surface area contributed by atoms with Crippen LogP contribution in [0.25, 0.3) is 0 Å².